The first kappa shape index (κ1) is 21.6. The van der Waals surface area contributed by atoms with E-state index >= 15 is 0 Å². The van der Waals surface area contributed by atoms with Crippen molar-refractivity contribution < 1.29 is 23.5 Å². The fourth-order valence-electron chi connectivity index (χ4n) is 3.29. The van der Waals surface area contributed by atoms with Gasteiger partial charge in [-0.15, -0.1) is 0 Å². The number of imide groups is 2. The van der Waals surface area contributed by atoms with E-state index < -0.39 is 17.8 Å². The van der Waals surface area contributed by atoms with Gasteiger partial charge in [-0.2, -0.15) is 0 Å². The Morgan fingerprint density at radius 2 is 1.81 bits per heavy atom. The summed E-state index contributed by atoms with van der Waals surface area (Å²) in [6, 6.07) is 14.9. The summed E-state index contributed by atoms with van der Waals surface area (Å²) in [7, 11) is 0. The molecule has 4 amide bonds. The molecule has 0 bridgehead atoms. The highest BCUT2D eigenvalue weighted by molar-refractivity contribution is 9.10. The number of aryl methyl sites for hydroxylation is 1. The Bertz CT molecular complexity index is 1240. The van der Waals surface area contributed by atoms with Gasteiger partial charge >= 0.3 is 6.03 Å². The number of carbonyl (C=O) groups is 3. The fraction of sp³-hybridized carbons (Fsp3) is 0.125. The number of nitrogens with zero attached hydrogens (tertiary/aromatic N) is 1. The minimum Gasteiger partial charge on any atom is -0.494 e. The van der Waals surface area contributed by atoms with Crippen LogP contribution in [0.3, 0.4) is 0 Å². The molecule has 1 fully saturated rings. The van der Waals surface area contributed by atoms with Crippen LogP contribution in [0.15, 0.2) is 69.1 Å². The zero-order valence-corrected chi connectivity index (χ0v) is 18.9. The number of carbonyl (C=O) groups excluding carboxylic acids is 3. The van der Waals surface area contributed by atoms with Gasteiger partial charge in [0.1, 0.15) is 22.8 Å². The lowest BCUT2D eigenvalue weighted by Crippen LogP contribution is -2.54. The minimum atomic E-state index is -0.815. The van der Waals surface area contributed by atoms with Gasteiger partial charge in [0.05, 0.1) is 12.3 Å². The van der Waals surface area contributed by atoms with Crippen LogP contribution >= 0.6 is 15.9 Å². The molecule has 1 saturated heterocycles. The summed E-state index contributed by atoms with van der Waals surface area (Å²) >= 11 is 3.52. The van der Waals surface area contributed by atoms with E-state index in [4.69, 9.17) is 9.15 Å². The summed E-state index contributed by atoms with van der Waals surface area (Å²) in [4.78, 5) is 38.7. The van der Waals surface area contributed by atoms with Crippen LogP contribution < -0.4 is 15.0 Å². The van der Waals surface area contributed by atoms with Crippen molar-refractivity contribution in [1.29, 1.82) is 0 Å². The largest absolute Gasteiger partial charge is 0.494 e. The molecule has 1 aromatic heterocycles. The predicted octanol–water partition coefficient (Wildman–Crippen LogP) is 5.08. The maximum atomic E-state index is 13.0. The number of nitrogens with one attached hydrogen (secondary N) is 1. The fourth-order valence-corrected chi connectivity index (χ4v) is 3.98. The number of barbiturate groups is 1. The molecule has 1 aliphatic heterocycles. The van der Waals surface area contributed by atoms with Crippen LogP contribution in [0.1, 0.15) is 18.2 Å². The number of furan rings is 1. The lowest BCUT2D eigenvalue weighted by molar-refractivity contribution is -0.122. The van der Waals surface area contributed by atoms with E-state index in [1.807, 2.05) is 32.0 Å². The molecule has 0 unspecified atom stereocenters. The third kappa shape index (κ3) is 4.22. The Kier molecular flexibility index (Phi) is 5.96. The van der Waals surface area contributed by atoms with E-state index in [1.165, 1.54) is 6.08 Å². The smallest absolute Gasteiger partial charge is 0.335 e. The standard InChI is InChI=1S/C24H19BrN2O5/c1-3-31-16-7-5-15(6-8-16)27-23(29)19(22(28)26-24(27)30)13-17-9-11-21(32-17)18-10-4-14(2)12-20(18)25/h4-13H,3H2,1-2H3,(H,26,28,30)/b19-13-. The number of benzene rings is 2. The average Bonchev–Trinajstić information content (AvgIpc) is 3.21. The van der Waals surface area contributed by atoms with Gasteiger partial charge in [0.2, 0.25) is 0 Å². The highest BCUT2D eigenvalue weighted by Gasteiger charge is 2.37. The third-order valence-corrected chi connectivity index (χ3v) is 5.47. The first-order valence-electron chi connectivity index (χ1n) is 9.88. The molecular formula is C24H19BrN2O5. The van der Waals surface area contributed by atoms with Crippen LogP contribution in [0.2, 0.25) is 0 Å². The molecule has 162 valence electrons. The van der Waals surface area contributed by atoms with Crippen LogP contribution in [0.5, 0.6) is 5.75 Å². The number of hydrogen-bond acceptors (Lipinski definition) is 5. The molecule has 3 aromatic rings. The minimum absolute atomic E-state index is 0.206. The number of amides is 4. The van der Waals surface area contributed by atoms with Crippen molar-refractivity contribution in [1.82, 2.24) is 5.32 Å². The molecule has 32 heavy (non-hydrogen) atoms. The van der Waals surface area contributed by atoms with Gasteiger partial charge in [0, 0.05) is 10.0 Å². The summed E-state index contributed by atoms with van der Waals surface area (Å²) in [6.07, 6.45) is 1.33. The van der Waals surface area contributed by atoms with Crippen molar-refractivity contribution in [3.8, 4) is 17.1 Å². The van der Waals surface area contributed by atoms with Crippen molar-refractivity contribution >= 4 is 45.5 Å². The number of anilines is 1. The number of hydrogen-bond donors (Lipinski definition) is 1. The van der Waals surface area contributed by atoms with Crippen LogP contribution in [-0.4, -0.2) is 24.5 Å². The summed E-state index contributed by atoms with van der Waals surface area (Å²) in [5.74, 6) is -0.0221. The molecule has 0 atom stereocenters. The zero-order chi connectivity index (χ0) is 22.8. The molecule has 0 spiro atoms. The van der Waals surface area contributed by atoms with Gasteiger partial charge < -0.3 is 9.15 Å². The van der Waals surface area contributed by atoms with Crippen molar-refractivity contribution in [3.05, 3.63) is 76.0 Å². The van der Waals surface area contributed by atoms with Crippen LogP contribution in [0, 0.1) is 6.92 Å². The summed E-state index contributed by atoms with van der Waals surface area (Å²) < 4.78 is 12.1. The van der Waals surface area contributed by atoms with Crippen molar-refractivity contribution in [2.75, 3.05) is 11.5 Å². The maximum Gasteiger partial charge on any atom is 0.335 e. The Hall–Kier alpha value is -3.65. The monoisotopic (exact) mass is 494 g/mol. The van der Waals surface area contributed by atoms with E-state index in [0.717, 1.165) is 20.5 Å². The van der Waals surface area contributed by atoms with Crippen molar-refractivity contribution in [2.24, 2.45) is 0 Å². The Balaban J connectivity index is 1.64. The molecular weight excluding hydrogens is 476 g/mol. The molecule has 2 aromatic carbocycles. The van der Waals surface area contributed by atoms with Gasteiger partial charge in [0.15, 0.2) is 0 Å². The second-order valence-electron chi connectivity index (χ2n) is 7.07. The lowest BCUT2D eigenvalue weighted by Gasteiger charge is -2.26. The van der Waals surface area contributed by atoms with E-state index in [1.54, 1.807) is 36.4 Å². The second kappa shape index (κ2) is 8.84. The third-order valence-electron chi connectivity index (χ3n) is 4.81. The maximum absolute atomic E-state index is 13.0. The number of rotatable bonds is 5. The molecule has 7 nitrogen and oxygen atoms in total. The summed E-state index contributed by atoms with van der Waals surface area (Å²) in [6.45, 7) is 4.33. The Morgan fingerprint density at radius 3 is 2.50 bits per heavy atom. The van der Waals surface area contributed by atoms with Gasteiger partial charge in [-0.3, -0.25) is 14.9 Å². The highest BCUT2D eigenvalue weighted by Crippen LogP contribution is 2.31. The lowest BCUT2D eigenvalue weighted by atomic mass is 10.1. The number of ether oxygens (including phenoxy) is 1. The molecule has 8 heteroatoms. The predicted molar refractivity (Wildman–Crippen MR) is 123 cm³/mol. The Morgan fingerprint density at radius 1 is 1.06 bits per heavy atom. The van der Waals surface area contributed by atoms with E-state index in [2.05, 4.69) is 21.2 Å². The van der Waals surface area contributed by atoms with Gasteiger partial charge in [-0.25, -0.2) is 9.69 Å². The molecule has 1 N–H and O–H groups in total. The van der Waals surface area contributed by atoms with Crippen LogP contribution in [0.25, 0.3) is 17.4 Å². The van der Waals surface area contributed by atoms with Crippen LogP contribution in [0.4, 0.5) is 10.5 Å². The second-order valence-corrected chi connectivity index (χ2v) is 7.92. The van der Waals surface area contributed by atoms with Crippen molar-refractivity contribution in [3.63, 3.8) is 0 Å². The molecule has 4 rings (SSSR count). The average molecular weight is 495 g/mol. The van der Waals surface area contributed by atoms with Crippen LogP contribution in [-0.2, 0) is 9.59 Å². The van der Waals surface area contributed by atoms with Gasteiger partial charge in [-0.1, -0.05) is 22.0 Å². The molecule has 0 radical (unpaired) electrons. The van der Waals surface area contributed by atoms with Crippen molar-refractivity contribution in [2.45, 2.75) is 13.8 Å². The molecule has 1 aliphatic rings. The first-order valence-corrected chi connectivity index (χ1v) is 10.7. The molecule has 0 aliphatic carbocycles. The Labute approximate surface area is 192 Å². The normalized spacial score (nSPS) is 15.3. The quantitative estimate of drug-likeness (QED) is 0.394. The molecule has 2 heterocycles. The van der Waals surface area contributed by atoms with Gasteiger partial charge in [-0.05, 0) is 74.0 Å². The first-order chi connectivity index (χ1) is 15.4. The van der Waals surface area contributed by atoms with E-state index in [9.17, 15) is 14.4 Å². The van der Waals surface area contributed by atoms with E-state index in [0.29, 0.717) is 29.6 Å². The molecule has 0 saturated carbocycles. The topological polar surface area (TPSA) is 88.8 Å². The summed E-state index contributed by atoms with van der Waals surface area (Å²) in [5, 5.41) is 2.20. The zero-order valence-electron chi connectivity index (χ0n) is 17.3. The SMILES string of the molecule is CCOc1ccc(N2C(=O)NC(=O)/C(=C/c3ccc(-c4ccc(C)cc4Br)o3)C2=O)cc1. The highest BCUT2D eigenvalue weighted by atomic mass is 79.9. The van der Waals surface area contributed by atoms with Gasteiger partial charge in [0.25, 0.3) is 11.8 Å². The number of urea groups is 1. The van der Waals surface area contributed by atoms with E-state index in [-0.39, 0.29) is 5.57 Å². The summed E-state index contributed by atoms with van der Waals surface area (Å²) in [5.41, 5.74) is 2.05. The number of halogens is 1.